The summed E-state index contributed by atoms with van der Waals surface area (Å²) in [5.41, 5.74) is 5.75. The number of aliphatic hydroxyl groups excluding tert-OH is 1. The summed E-state index contributed by atoms with van der Waals surface area (Å²) in [6, 6.07) is 5.17. The molecule has 0 aliphatic carbocycles. The fourth-order valence-electron chi connectivity index (χ4n) is 1.36. The summed E-state index contributed by atoms with van der Waals surface area (Å²) in [6.07, 6.45) is -0.896. The van der Waals surface area contributed by atoms with Crippen molar-refractivity contribution >= 4 is 0 Å². The molecule has 0 aromatic heterocycles. The Balaban J connectivity index is 2.99. The highest BCUT2D eigenvalue weighted by molar-refractivity contribution is 5.44. The highest BCUT2D eigenvalue weighted by atomic mass is 16.5. The van der Waals surface area contributed by atoms with Gasteiger partial charge in [-0.15, -0.1) is 0 Å². The van der Waals surface area contributed by atoms with Gasteiger partial charge in [0.1, 0.15) is 6.10 Å². The van der Waals surface area contributed by atoms with Gasteiger partial charge in [-0.2, -0.15) is 0 Å². The molecule has 1 aromatic carbocycles. The number of nitrogens with two attached hydrogens (primary N) is 1. The molecule has 0 saturated carbocycles. The lowest BCUT2D eigenvalue weighted by atomic mass is 10.1. The van der Waals surface area contributed by atoms with Crippen molar-refractivity contribution in [2.45, 2.75) is 25.5 Å². The van der Waals surface area contributed by atoms with Crippen LogP contribution in [0.1, 0.15) is 25.5 Å². The lowest BCUT2D eigenvalue weighted by Gasteiger charge is -2.12. The summed E-state index contributed by atoms with van der Waals surface area (Å²) < 4.78 is 10.3. The number of hydrogen-bond acceptors (Lipinski definition) is 4. The second-order valence-corrected chi connectivity index (χ2v) is 4.51. The Morgan fingerprint density at radius 3 is 2.33 bits per heavy atom. The fraction of sp³-hybridized carbons (Fsp3) is 0.429. The molecule has 0 amide bonds. The van der Waals surface area contributed by atoms with Crippen LogP contribution in [0.2, 0.25) is 0 Å². The molecular weight excluding hydrogens is 230 g/mol. The molecule has 0 fully saturated rings. The molecule has 1 unspecified atom stereocenters. The first-order chi connectivity index (χ1) is 8.37. The number of ether oxygens (including phenoxy) is 2. The average molecular weight is 249 g/mol. The first-order valence-electron chi connectivity index (χ1n) is 5.59. The predicted octanol–water partition coefficient (Wildman–Crippen LogP) is 1.48. The number of methoxy groups -OCH3 is 2. The Kier molecular flexibility index (Phi) is 4.60. The molecule has 18 heavy (non-hydrogen) atoms. The van der Waals surface area contributed by atoms with E-state index in [1.165, 1.54) is 0 Å². The van der Waals surface area contributed by atoms with Gasteiger partial charge in [-0.1, -0.05) is 17.9 Å². The van der Waals surface area contributed by atoms with Gasteiger partial charge >= 0.3 is 0 Å². The number of aliphatic hydroxyl groups is 1. The van der Waals surface area contributed by atoms with Crippen LogP contribution in [0.25, 0.3) is 0 Å². The maximum absolute atomic E-state index is 9.94. The van der Waals surface area contributed by atoms with Gasteiger partial charge in [0.15, 0.2) is 11.5 Å². The van der Waals surface area contributed by atoms with Crippen molar-refractivity contribution in [3.8, 4) is 23.3 Å². The molecule has 4 nitrogen and oxygen atoms in total. The van der Waals surface area contributed by atoms with Gasteiger partial charge in [0, 0.05) is 0 Å². The van der Waals surface area contributed by atoms with Crippen molar-refractivity contribution in [1.82, 2.24) is 0 Å². The Bertz CT molecular complexity index is 466. The quantitative estimate of drug-likeness (QED) is 0.796. The summed E-state index contributed by atoms with van der Waals surface area (Å²) in [5.74, 6) is 6.67. The smallest absolute Gasteiger partial charge is 0.161 e. The summed E-state index contributed by atoms with van der Waals surface area (Å²) >= 11 is 0. The van der Waals surface area contributed by atoms with Gasteiger partial charge in [0.05, 0.1) is 19.8 Å². The van der Waals surface area contributed by atoms with Crippen molar-refractivity contribution in [2.24, 2.45) is 5.73 Å². The van der Waals surface area contributed by atoms with Crippen LogP contribution in [0.15, 0.2) is 18.2 Å². The summed E-state index contributed by atoms with van der Waals surface area (Å²) in [4.78, 5) is 0. The number of rotatable bonds is 3. The topological polar surface area (TPSA) is 64.7 Å². The van der Waals surface area contributed by atoms with Crippen molar-refractivity contribution in [1.29, 1.82) is 0 Å². The summed E-state index contributed by atoms with van der Waals surface area (Å²) in [5, 5.41) is 9.94. The third kappa shape index (κ3) is 3.95. The standard InChI is InChI=1S/C14H19NO3/c1-14(2,15)8-7-11(16)10-5-6-12(17-3)13(9-10)18-4/h5-6,9,11,16H,15H2,1-4H3. The van der Waals surface area contributed by atoms with Crippen LogP contribution in [0, 0.1) is 11.8 Å². The van der Waals surface area contributed by atoms with Crippen molar-refractivity contribution in [3.63, 3.8) is 0 Å². The second-order valence-electron chi connectivity index (χ2n) is 4.51. The van der Waals surface area contributed by atoms with Crippen LogP contribution in [-0.4, -0.2) is 24.9 Å². The van der Waals surface area contributed by atoms with E-state index in [1.807, 2.05) is 0 Å². The molecule has 0 bridgehead atoms. The third-order valence-corrected chi connectivity index (χ3v) is 2.25. The molecule has 0 aliphatic heterocycles. The lowest BCUT2D eigenvalue weighted by molar-refractivity contribution is 0.237. The Hall–Kier alpha value is -1.70. The molecule has 4 heteroatoms. The summed E-state index contributed by atoms with van der Waals surface area (Å²) in [6.45, 7) is 3.56. The van der Waals surface area contributed by atoms with Crippen LogP contribution in [0.4, 0.5) is 0 Å². The molecule has 0 radical (unpaired) electrons. The van der Waals surface area contributed by atoms with Crippen molar-refractivity contribution < 1.29 is 14.6 Å². The molecule has 0 heterocycles. The maximum atomic E-state index is 9.94. The molecule has 1 atom stereocenters. The minimum absolute atomic E-state index is 0.558. The van der Waals surface area contributed by atoms with E-state index in [0.717, 1.165) is 0 Å². The van der Waals surface area contributed by atoms with Gasteiger partial charge in [-0.3, -0.25) is 0 Å². The zero-order chi connectivity index (χ0) is 13.8. The number of hydrogen-bond donors (Lipinski definition) is 2. The van der Waals surface area contributed by atoms with Crippen LogP contribution in [0.3, 0.4) is 0 Å². The highest BCUT2D eigenvalue weighted by Gasteiger charge is 2.11. The predicted molar refractivity (Wildman–Crippen MR) is 70.5 cm³/mol. The Labute approximate surface area is 108 Å². The van der Waals surface area contributed by atoms with E-state index in [9.17, 15) is 5.11 Å². The zero-order valence-electron chi connectivity index (χ0n) is 11.2. The van der Waals surface area contributed by atoms with Crippen LogP contribution in [0.5, 0.6) is 11.5 Å². The Morgan fingerprint density at radius 1 is 1.22 bits per heavy atom. The third-order valence-electron chi connectivity index (χ3n) is 2.25. The van der Waals surface area contributed by atoms with Gasteiger partial charge < -0.3 is 20.3 Å². The monoisotopic (exact) mass is 249 g/mol. The first-order valence-corrected chi connectivity index (χ1v) is 5.59. The Morgan fingerprint density at radius 2 is 1.83 bits per heavy atom. The fourth-order valence-corrected chi connectivity index (χ4v) is 1.36. The number of benzene rings is 1. The minimum Gasteiger partial charge on any atom is -0.493 e. The van der Waals surface area contributed by atoms with Gasteiger partial charge in [0.25, 0.3) is 0 Å². The normalized spacial score (nSPS) is 12.3. The van der Waals surface area contributed by atoms with Crippen LogP contribution in [-0.2, 0) is 0 Å². The molecule has 1 rings (SSSR count). The van der Waals surface area contributed by atoms with Crippen molar-refractivity contribution in [2.75, 3.05) is 14.2 Å². The van der Waals surface area contributed by atoms with E-state index in [1.54, 1.807) is 46.3 Å². The van der Waals surface area contributed by atoms with Crippen molar-refractivity contribution in [3.05, 3.63) is 23.8 Å². The van der Waals surface area contributed by atoms with E-state index < -0.39 is 11.6 Å². The van der Waals surface area contributed by atoms with E-state index in [-0.39, 0.29) is 0 Å². The van der Waals surface area contributed by atoms with Gasteiger partial charge in [0.2, 0.25) is 0 Å². The second kappa shape index (κ2) is 5.76. The zero-order valence-corrected chi connectivity index (χ0v) is 11.2. The first kappa shape index (κ1) is 14.4. The molecule has 98 valence electrons. The van der Waals surface area contributed by atoms with Crippen LogP contribution >= 0.6 is 0 Å². The van der Waals surface area contributed by atoms with E-state index >= 15 is 0 Å². The largest absolute Gasteiger partial charge is 0.493 e. The van der Waals surface area contributed by atoms with Gasteiger partial charge in [-0.25, -0.2) is 0 Å². The minimum atomic E-state index is -0.896. The maximum Gasteiger partial charge on any atom is 0.161 e. The molecule has 3 N–H and O–H groups in total. The average Bonchev–Trinajstić information content (AvgIpc) is 2.34. The highest BCUT2D eigenvalue weighted by Crippen LogP contribution is 2.29. The van der Waals surface area contributed by atoms with Gasteiger partial charge in [-0.05, 0) is 31.5 Å². The van der Waals surface area contributed by atoms with Crippen LogP contribution < -0.4 is 15.2 Å². The molecule has 0 saturated heterocycles. The molecule has 1 aromatic rings. The van der Waals surface area contributed by atoms with E-state index in [0.29, 0.717) is 17.1 Å². The molecular formula is C14H19NO3. The van der Waals surface area contributed by atoms with E-state index in [4.69, 9.17) is 15.2 Å². The SMILES string of the molecule is COc1ccc(C(O)C#CC(C)(C)N)cc1OC. The molecule has 0 aliphatic rings. The molecule has 0 spiro atoms. The van der Waals surface area contributed by atoms with E-state index in [2.05, 4.69) is 11.8 Å². The lowest BCUT2D eigenvalue weighted by Crippen LogP contribution is -2.29. The summed E-state index contributed by atoms with van der Waals surface area (Å²) in [7, 11) is 3.10.